The number of benzene rings is 2. The van der Waals surface area contributed by atoms with Crippen molar-refractivity contribution in [2.45, 2.75) is 45.8 Å². The molecule has 9 heteroatoms. The highest BCUT2D eigenvalue weighted by Gasteiger charge is 2.26. The quantitative estimate of drug-likeness (QED) is 0.323. The lowest BCUT2D eigenvalue weighted by atomic mass is 9.96. The number of rotatable bonds is 8. The van der Waals surface area contributed by atoms with Gasteiger partial charge in [0.1, 0.15) is 5.69 Å². The van der Waals surface area contributed by atoms with Crippen molar-refractivity contribution >= 4 is 23.0 Å². The summed E-state index contributed by atoms with van der Waals surface area (Å²) in [6.45, 7) is 8.74. The van der Waals surface area contributed by atoms with Gasteiger partial charge in [0.05, 0.1) is 11.9 Å². The van der Waals surface area contributed by atoms with Crippen molar-refractivity contribution < 1.29 is 9.59 Å². The summed E-state index contributed by atoms with van der Waals surface area (Å²) in [5.41, 5.74) is 8.54. The van der Waals surface area contributed by atoms with E-state index in [2.05, 4.69) is 61.8 Å². The lowest BCUT2D eigenvalue weighted by Gasteiger charge is -2.34. The van der Waals surface area contributed by atoms with Crippen LogP contribution in [0, 0.1) is 6.92 Å². The first kappa shape index (κ1) is 27.1. The Morgan fingerprint density at radius 3 is 2.66 bits per heavy atom. The molecule has 1 atom stereocenters. The number of piperazine rings is 1. The van der Waals surface area contributed by atoms with Crippen LogP contribution in [-0.4, -0.2) is 64.4 Å². The van der Waals surface area contributed by atoms with Crippen molar-refractivity contribution in [2.24, 2.45) is 0 Å². The second-order valence-corrected chi connectivity index (χ2v) is 11.2. The molecule has 41 heavy (non-hydrogen) atoms. The second-order valence-electron chi connectivity index (χ2n) is 11.2. The molecule has 2 aromatic carbocycles. The zero-order valence-corrected chi connectivity index (χ0v) is 24.0. The van der Waals surface area contributed by atoms with Crippen LogP contribution in [0.15, 0.2) is 54.7 Å². The molecule has 0 saturated carbocycles. The number of Topliss-reactive ketones (excluding diaryl/α,β-unsaturated/α-hetero) is 1. The summed E-state index contributed by atoms with van der Waals surface area (Å²) in [4.78, 5) is 34.5. The third kappa shape index (κ3) is 5.60. The van der Waals surface area contributed by atoms with Gasteiger partial charge in [0.2, 0.25) is 0 Å². The van der Waals surface area contributed by atoms with E-state index >= 15 is 0 Å². The maximum absolute atomic E-state index is 13.2. The van der Waals surface area contributed by atoms with Gasteiger partial charge in [-0.1, -0.05) is 24.3 Å². The van der Waals surface area contributed by atoms with Crippen molar-refractivity contribution in [1.82, 2.24) is 30.1 Å². The molecule has 0 radical (unpaired) electrons. The number of nitrogens with zero attached hydrogens (tertiary/aromatic N) is 5. The average molecular weight is 552 g/mol. The number of carbonyl (C=O) groups is 2. The molecule has 0 unspecified atom stereocenters. The Labute approximate surface area is 240 Å². The summed E-state index contributed by atoms with van der Waals surface area (Å²) in [7, 11) is 2.15. The third-order valence-electron chi connectivity index (χ3n) is 8.50. The minimum atomic E-state index is -0.210. The van der Waals surface area contributed by atoms with Gasteiger partial charge in [-0.15, -0.1) is 0 Å². The van der Waals surface area contributed by atoms with Crippen LogP contribution in [0.2, 0.25) is 0 Å². The normalized spacial score (nSPS) is 17.1. The largest absolute Gasteiger partial charge is 0.369 e. The molecule has 0 bridgehead atoms. The van der Waals surface area contributed by atoms with Gasteiger partial charge in [0, 0.05) is 62.6 Å². The van der Waals surface area contributed by atoms with Crippen LogP contribution in [0.1, 0.15) is 68.2 Å². The molecule has 2 N–H and O–H groups in total. The van der Waals surface area contributed by atoms with Crippen LogP contribution in [0.4, 0.5) is 5.69 Å². The Bertz CT molecular complexity index is 1600. The van der Waals surface area contributed by atoms with Crippen molar-refractivity contribution in [3.8, 4) is 0 Å². The highest BCUT2D eigenvalue weighted by Crippen LogP contribution is 2.35. The number of anilines is 1. The fourth-order valence-electron chi connectivity index (χ4n) is 6.12. The summed E-state index contributed by atoms with van der Waals surface area (Å²) in [5, 5.41) is 11.2. The molecule has 4 aromatic rings. The van der Waals surface area contributed by atoms with Crippen LogP contribution in [0.5, 0.6) is 0 Å². The van der Waals surface area contributed by atoms with Gasteiger partial charge in [0.15, 0.2) is 11.4 Å². The highest BCUT2D eigenvalue weighted by molar-refractivity contribution is 5.96. The van der Waals surface area contributed by atoms with E-state index in [9.17, 15) is 9.59 Å². The summed E-state index contributed by atoms with van der Waals surface area (Å²) in [6, 6.07) is 16.2. The molecule has 1 amide bonds. The molecule has 3 heterocycles. The zero-order valence-electron chi connectivity index (χ0n) is 24.0. The van der Waals surface area contributed by atoms with Gasteiger partial charge in [-0.2, -0.15) is 5.10 Å². The molecule has 6 rings (SSSR count). The van der Waals surface area contributed by atoms with Gasteiger partial charge in [0.25, 0.3) is 5.91 Å². The van der Waals surface area contributed by atoms with E-state index < -0.39 is 0 Å². The van der Waals surface area contributed by atoms with Crippen LogP contribution in [0.25, 0.3) is 5.65 Å². The minimum Gasteiger partial charge on any atom is -0.369 e. The van der Waals surface area contributed by atoms with Crippen molar-refractivity contribution in [1.29, 1.82) is 0 Å². The predicted octanol–water partition coefficient (Wildman–Crippen LogP) is 3.70. The predicted molar refractivity (Wildman–Crippen MR) is 159 cm³/mol. The molecule has 1 aliphatic carbocycles. The molecule has 9 nitrogen and oxygen atoms in total. The second kappa shape index (κ2) is 11.4. The standard InChI is InChI=1S/C32H37N7O2/c1-21-26(22(2)40)7-8-28-27(21)9-10-29(28)33-20-25-18-30(36-31-11-12-35-39(25)31)32(41)34-19-23-5-4-6-24(17-23)38-15-13-37(3)14-16-38/h4-8,11-12,17-18,29,33H,9-10,13-16,19-20H2,1-3H3,(H,34,41)/t29-/m0/s1. The monoisotopic (exact) mass is 551 g/mol. The Kier molecular flexibility index (Phi) is 7.55. The molecule has 1 aliphatic heterocycles. The molecule has 2 aliphatic rings. The molecule has 212 valence electrons. The highest BCUT2D eigenvalue weighted by atomic mass is 16.2. The molecule has 0 spiro atoms. The topological polar surface area (TPSA) is 94.9 Å². The van der Waals surface area contributed by atoms with Crippen molar-refractivity contribution in [2.75, 3.05) is 38.1 Å². The molecule has 1 saturated heterocycles. The van der Waals surface area contributed by atoms with Gasteiger partial charge in [-0.25, -0.2) is 9.50 Å². The Hall–Kier alpha value is -4.08. The fourth-order valence-corrected chi connectivity index (χ4v) is 6.12. The number of hydrogen-bond donors (Lipinski definition) is 2. The Morgan fingerprint density at radius 2 is 1.85 bits per heavy atom. The molecule has 2 aromatic heterocycles. The summed E-state index contributed by atoms with van der Waals surface area (Å²) in [5.74, 6) is -0.105. The van der Waals surface area contributed by atoms with Gasteiger partial charge >= 0.3 is 0 Å². The number of fused-ring (bicyclic) bond motifs is 2. The maximum Gasteiger partial charge on any atom is 0.270 e. The Morgan fingerprint density at radius 1 is 1.02 bits per heavy atom. The lowest BCUT2D eigenvalue weighted by molar-refractivity contribution is 0.0945. The molecular weight excluding hydrogens is 514 g/mol. The first-order valence-corrected chi connectivity index (χ1v) is 14.4. The number of likely N-dealkylation sites (N-methyl/N-ethyl adjacent to an activating group) is 1. The number of nitrogens with one attached hydrogen (secondary N) is 2. The first-order chi connectivity index (χ1) is 19.9. The van der Waals surface area contributed by atoms with Crippen LogP contribution in [0.3, 0.4) is 0 Å². The van der Waals surface area contributed by atoms with Gasteiger partial charge in [-0.3, -0.25) is 9.59 Å². The van der Waals surface area contributed by atoms with Crippen LogP contribution < -0.4 is 15.5 Å². The number of amides is 1. The van der Waals surface area contributed by atoms with E-state index in [4.69, 9.17) is 0 Å². The fraction of sp³-hybridized carbons (Fsp3) is 0.375. The van der Waals surface area contributed by atoms with E-state index in [1.54, 1.807) is 17.6 Å². The molecular formula is C32H37N7O2. The first-order valence-electron chi connectivity index (χ1n) is 14.4. The summed E-state index contributed by atoms with van der Waals surface area (Å²) < 4.78 is 1.78. The zero-order chi connectivity index (χ0) is 28.5. The van der Waals surface area contributed by atoms with Crippen molar-refractivity contribution in [3.63, 3.8) is 0 Å². The Balaban J connectivity index is 1.14. The minimum absolute atomic E-state index is 0.105. The number of hydrogen-bond acceptors (Lipinski definition) is 7. The SMILES string of the molecule is CC(=O)c1ccc2c(c1C)CC[C@@H]2NCc1cc(C(=O)NCc2cccc(N3CCN(C)CC3)c2)nc2ccnn12. The van der Waals surface area contributed by atoms with Crippen molar-refractivity contribution in [3.05, 3.63) is 93.9 Å². The lowest BCUT2D eigenvalue weighted by Crippen LogP contribution is -2.44. The number of ketones is 1. The summed E-state index contributed by atoms with van der Waals surface area (Å²) >= 11 is 0. The van der Waals surface area contributed by atoms with E-state index in [1.807, 2.05) is 31.2 Å². The van der Waals surface area contributed by atoms with Crippen LogP contribution in [-0.2, 0) is 19.5 Å². The summed E-state index contributed by atoms with van der Waals surface area (Å²) in [6.07, 6.45) is 3.61. The van der Waals surface area contributed by atoms with E-state index in [-0.39, 0.29) is 17.7 Å². The van der Waals surface area contributed by atoms with Gasteiger partial charge < -0.3 is 20.4 Å². The maximum atomic E-state index is 13.2. The van der Waals surface area contributed by atoms with E-state index in [0.29, 0.717) is 24.4 Å². The number of aromatic nitrogens is 3. The van der Waals surface area contributed by atoms with Gasteiger partial charge in [-0.05, 0) is 74.2 Å². The van der Waals surface area contributed by atoms with E-state index in [1.165, 1.54) is 16.8 Å². The average Bonchev–Trinajstić information content (AvgIpc) is 3.63. The third-order valence-corrected chi connectivity index (χ3v) is 8.50. The molecule has 1 fully saturated rings. The smallest absolute Gasteiger partial charge is 0.270 e. The van der Waals surface area contributed by atoms with Crippen LogP contribution >= 0.6 is 0 Å². The number of carbonyl (C=O) groups excluding carboxylic acids is 2. The van der Waals surface area contributed by atoms with E-state index in [0.717, 1.165) is 61.4 Å².